The number of rotatable bonds is 0. The highest BCUT2D eigenvalue weighted by molar-refractivity contribution is 14.1. The minimum absolute atomic E-state index is 0.0560. The van der Waals surface area contributed by atoms with E-state index in [1.165, 1.54) is 0 Å². The van der Waals surface area contributed by atoms with Gasteiger partial charge >= 0.3 is 0 Å². The van der Waals surface area contributed by atoms with Crippen molar-refractivity contribution in [3.63, 3.8) is 0 Å². The number of dihydropyridines is 1. The van der Waals surface area contributed by atoms with Gasteiger partial charge in [0.25, 0.3) is 0 Å². The third-order valence-corrected chi connectivity index (χ3v) is 1.95. The molecular weight excluding hydrogens is 281 g/mol. The molecule has 0 amide bonds. The molecule has 44 valence electrons. The van der Waals surface area contributed by atoms with Crippen LogP contribution in [0.1, 0.15) is 0 Å². The Labute approximate surface area is 70.5 Å². The van der Waals surface area contributed by atoms with Crippen LogP contribution in [-0.4, -0.2) is 2.45 Å². The van der Waals surface area contributed by atoms with Gasteiger partial charge in [0.15, 0.2) is 2.45 Å². The van der Waals surface area contributed by atoms with Crippen LogP contribution in [0, 0.1) is 0 Å². The quantitative estimate of drug-likeness (QED) is 0.409. The standard InChI is InChI=1S/C5H5BrIN/c6-5(7)3-1-2-4-8-5/h1-4,8H/t5-/m0/s1. The summed E-state index contributed by atoms with van der Waals surface area (Å²) in [5, 5.41) is 3.09. The van der Waals surface area contributed by atoms with E-state index >= 15 is 0 Å². The smallest absolute Gasteiger partial charge is 0.163 e. The molecule has 0 aromatic rings. The van der Waals surface area contributed by atoms with E-state index in [2.05, 4.69) is 43.8 Å². The maximum atomic E-state index is 3.43. The molecule has 1 nitrogen and oxygen atoms in total. The first-order valence-corrected chi connectivity index (χ1v) is 4.08. The molecule has 1 rings (SSSR count). The van der Waals surface area contributed by atoms with Crippen molar-refractivity contribution < 1.29 is 0 Å². The van der Waals surface area contributed by atoms with E-state index in [0.29, 0.717) is 0 Å². The van der Waals surface area contributed by atoms with Gasteiger partial charge in [-0.25, -0.2) is 0 Å². The molecule has 0 aliphatic carbocycles. The summed E-state index contributed by atoms with van der Waals surface area (Å²) in [7, 11) is 0. The highest BCUT2D eigenvalue weighted by atomic mass is 127. The molecule has 1 atom stereocenters. The molecule has 1 aliphatic rings. The third kappa shape index (κ3) is 1.78. The fraction of sp³-hybridized carbons (Fsp3) is 0.200. The molecule has 8 heavy (non-hydrogen) atoms. The second-order valence-corrected chi connectivity index (χ2v) is 5.92. The maximum absolute atomic E-state index is 3.43. The van der Waals surface area contributed by atoms with E-state index < -0.39 is 0 Å². The molecule has 0 aromatic carbocycles. The number of hydrogen-bond acceptors (Lipinski definition) is 1. The van der Waals surface area contributed by atoms with Gasteiger partial charge in [0.2, 0.25) is 0 Å². The molecule has 0 fully saturated rings. The van der Waals surface area contributed by atoms with Crippen molar-refractivity contribution in [3.8, 4) is 0 Å². The number of alkyl halides is 2. The Morgan fingerprint density at radius 1 is 1.50 bits per heavy atom. The van der Waals surface area contributed by atoms with Crippen molar-refractivity contribution >= 4 is 38.5 Å². The third-order valence-electron chi connectivity index (χ3n) is 0.789. The van der Waals surface area contributed by atoms with Crippen LogP contribution < -0.4 is 5.32 Å². The lowest BCUT2D eigenvalue weighted by molar-refractivity contribution is 0.902. The number of hydrogen-bond donors (Lipinski definition) is 1. The fourth-order valence-corrected chi connectivity index (χ4v) is 1.11. The Balaban J connectivity index is 2.65. The van der Waals surface area contributed by atoms with Gasteiger partial charge in [-0.1, -0.05) is 6.08 Å². The summed E-state index contributed by atoms with van der Waals surface area (Å²) in [5.41, 5.74) is 0. The van der Waals surface area contributed by atoms with Crippen molar-refractivity contribution in [2.45, 2.75) is 2.45 Å². The van der Waals surface area contributed by atoms with Gasteiger partial charge in [-0.2, -0.15) is 0 Å². The van der Waals surface area contributed by atoms with E-state index in [4.69, 9.17) is 0 Å². The lowest BCUT2D eigenvalue weighted by atomic mass is 10.4. The maximum Gasteiger partial charge on any atom is 0.163 e. The number of nitrogens with one attached hydrogen (secondary N) is 1. The first kappa shape index (κ1) is 6.61. The summed E-state index contributed by atoms with van der Waals surface area (Å²) in [4.78, 5) is 0. The molecule has 0 unspecified atom stereocenters. The van der Waals surface area contributed by atoms with Crippen molar-refractivity contribution in [2.75, 3.05) is 0 Å². The zero-order chi connectivity index (χ0) is 6.04. The van der Waals surface area contributed by atoms with Gasteiger partial charge in [0.1, 0.15) is 0 Å². The molecule has 0 aromatic heterocycles. The highest BCUT2D eigenvalue weighted by Gasteiger charge is 2.15. The molecule has 0 saturated carbocycles. The van der Waals surface area contributed by atoms with Gasteiger partial charge < -0.3 is 5.32 Å². The number of allylic oxidation sites excluding steroid dienone is 2. The zero-order valence-electron chi connectivity index (χ0n) is 4.07. The summed E-state index contributed by atoms with van der Waals surface area (Å²) in [5.74, 6) is 0. The van der Waals surface area contributed by atoms with E-state index in [-0.39, 0.29) is 2.45 Å². The van der Waals surface area contributed by atoms with E-state index in [9.17, 15) is 0 Å². The molecular formula is C5H5BrIN. The van der Waals surface area contributed by atoms with Crippen molar-refractivity contribution in [3.05, 3.63) is 24.4 Å². The highest BCUT2D eigenvalue weighted by Crippen LogP contribution is 2.26. The Morgan fingerprint density at radius 2 is 2.25 bits per heavy atom. The second-order valence-electron chi connectivity index (χ2n) is 1.49. The van der Waals surface area contributed by atoms with Crippen LogP contribution in [0.5, 0.6) is 0 Å². The van der Waals surface area contributed by atoms with Crippen LogP contribution in [0.3, 0.4) is 0 Å². The van der Waals surface area contributed by atoms with Crippen molar-refractivity contribution in [1.82, 2.24) is 5.32 Å². The van der Waals surface area contributed by atoms with Crippen LogP contribution >= 0.6 is 38.5 Å². The van der Waals surface area contributed by atoms with Gasteiger partial charge in [0, 0.05) is 0 Å². The van der Waals surface area contributed by atoms with E-state index in [1.807, 2.05) is 24.4 Å². The number of halogens is 2. The minimum Gasteiger partial charge on any atom is -0.365 e. The average molecular weight is 286 g/mol. The van der Waals surface area contributed by atoms with Gasteiger partial charge in [0.05, 0.1) is 0 Å². The van der Waals surface area contributed by atoms with Gasteiger partial charge in [-0.05, 0) is 56.9 Å². The predicted octanol–water partition coefficient (Wildman–Crippen LogP) is 2.14. The first-order chi connectivity index (χ1) is 3.71. The molecule has 0 radical (unpaired) electrons. The molecule has 0 saturated heterocycles. The average Bonchev–Trinajstić information content (AvgIpc) is 1.65. The summed E-state index contributed by atoms with van der Waals surface area (Å²) < 4.78 is -0.0560. The zero-order valence-corrected chi connectivity index (χ0v) is 7.81. The van der Waals surface area contributed by atoms with Crippen LogP contribution in [0.15, 0.2) is 24.4 Å². The van der Waals surface area contributed by atoms with Crippen molar-refractivity contribution in [2.24, 2.45) is 0 Å². The molecule has 1 aliphatic heterocycles. The van der Waals surface area contributed by atoms with Gasteiger partial charge in [-0.15, -0.1) is 0 Å². The molecule has 0 bridgehead atoms. The Bertz CT molecular complexity index is 139. The van der Waals surface area contributed by atoms with Crippen LogP contribution in [0.4, 0.5) is 0 Å². The normalized spacial score (nSPS) is 34.8. The summed E-state index contributed by atoms with van der Waals surface area (Å²) in [6.45, 7) is 0. The summed E-state index contributed by atoms with van der Waals surface area (Å²) >= 11 is 5.69. The predicted molar refractivity (Wildman–Crippen MR) is 47.1 cm³/mol. The second kappa shape index (κ2) is 2.39. The molecule has 0 spiro atoms. The molecule has 3 heteroatoms. The van der Waals surface area contributed by atoms with Gasteiger partial charge in [-0.3, -0.25) is 0 Å². The van der Waals surface area contributed by atoms with Crippen LogP contribution in [0.25, 0.3) is 0 Å². The molecule has 1 N–H and O–H groups in total. The van der Waals surface area contributed by atoms with E-state index in [0.717, 1.165) is 0 Å². The monoisotopic (exact) mass is 285 g/mol. The van der Waals surface area contributed by atoms with Crippen LogP contribution in [-0.2, 0) is 0 Å². The lowest BCUT2D eigenvalue weighted by Gasteiger charge is -2.17. The van der Waals surface area contributed by atoms with E-state index in [1.54, 1.807) is 0 Å². The lowest BCUT2D eigenvalue weighted by Crippen LogP contribution is -2.26. The fourth-order valence-electron chi connectivity index (χ4n) is 0.439. The SMILES string of the molecule is Br[C@]1(I)C=CC=CN1. The largest absolute Gasteiger partial charge is 0.365 e. The van der Waals surface area contributed by atoms with Crippen LogP contribution in [0.2, 0.25) is 0 Å². The minimum atomic E-state index is -0.0560. The topological polar surface area (TPSA) is 12.0 Å². The Morgan fingerprint density at radius 3 is 2.50 bits per heavy atom. The summed E-state index contributed by atoms with van der Waals surface area (Å²) in [6.07, 6.45) is 7.89. The first-order valence-electron chi connectivity index (χ1n) is 2.21. The molecule has 1 heterocycles. The Hall–Kier alpha value is 0.490. The van der Waals surface area contributed by atoms with Crippen molar-refractivity contribution in [1.29, 1.82) is 0 Å². The Kier molecular flexibility index (Phi) is 1.97. The summed E-state index contributed by atoms with van der Waals surface area (Å²) in [6, 6.07) is 0.